The number of fused-ring (bicyclic) bond motifs is 1. The van der Waals surface area contributed by atoms with Gasteiger partial charge in [0, 0.05) is 5.69 Å². The lowest BCUT2D eigenvalue weighted by Crippen LogP contribution is -2.39. The first-order chi connectivity index (χ1) is 11.2. The highest BCUT2D eigenvalue weighted by molar-refractivity contribution is 6.01. The minimum atomic E-state index is -0.870. The molecule has 6 nitrogen and oxygen atoms in total. The van der Waals surface area contributed by atoms with Crippen LogP contribution >= 0.6 is 0 Å². The summed E-state index contributed by atoms with van der Waals surface area (Å²) in [5.41, 5.74) is 1.87. The van der Waals surface area contributed by atoms with Crippen LogP contribution < -0.4 is 15.4 Å². The van der Waals surface area contributed by atoms with Crippen molar-refractivity contribution in [1.82, 2.24) is 0 Å². The first-order valence-electron chi connectivity index (χ1n) is 7.22. The summed E-state index contributed by atoms with van der Waals surface area (Å²) in [6, 6.07) is 14.0. The van der Waals surface area contributed by atoms with E-state index in [2.05, 4.69) is 10.6 Å². The van der Waals surface area contributed by atoms with E-state index in [1.54, 1.807) is 48.5 Å². The number of rotatable bonds is 4. The molecule has 0 spiro atoms. The van der Waals surface area contributed by atoms with E-state index in [1.165, 1.54) is 0 Å². The van der Waals surface area contributed by atoms with Crippen molar-refractivity contribution in [3.05, 3.63) is 54.1 Å². The smallest absolute Gasteiger partial charge is 0.266 e. The quantitative estimate of drug-likeness (QED) is 0.805. The fourth-order valence-electron chi connectivity index (χ4n) is 2.35. The third kappa shape index (κ3) is 3.49. The number of para-hydroxylation sites is 2. The van der Waals surface area contributed by atoms with Crippen LogP contribution in [0.4, 0.5) is 11.4 Å². The number of hydrogen-bond acceptors (Lipinski definition) is 4. The number of amides is 2. The van der Waals surface area contributed by atoms with Gasteiger partial charge in [0.25, 0.3) is 5.91 Å². The molecule has 118 valence electrons. The van der Waals surface area contributed by atoms with Gasteiger partial charge in [-0.25, -0.2) is 0 Å². The first-order valence-corrected chi connectivity index (χ1v) is 7.22. The summed E-state index contributed by atoms with van der Waals surface area (Å²) in [4.78, 5) is 24.1. The summed E-state index contributed by atoms with van der Waals surface area (Å²) in [7, 11) is 0. The second kappa shape index (κ2) is 6.50. The molecule has 3 rings (SSSR count). The van der Waals surface area contributed by atoms with Crippen LogP contribution in [0.2, 0.25) is 0 Å². The summed E-state index contributed by atoms with van der Waals surface area (Å²) in [6.07, 6.45) is -0.963. The van der Waals surface area contributed by atoms with Gasteiger partial charge in [-0.15, -0.1) is 0 Å². The van der Waals surface area contributed by atoms with Gasteiger partial charge in [-0.3, -0.25) is 9.59 Å². The van der Waals surface area contributed by atoms with Crippen LogP contribution in [0.5, 0.6) is 5.75 Å². The van der Waals surface area contributed by atoms with Crippen LogP contribution in [-0.2, 0) is 16.2 Å². The molecular formula is C17H16N2O4. The zero-order valence-electron chi connectivity index (χ0n) is 12.3. The summed E-state index contributed by atoms with van der Waals surface area (Å²) in [5, 5.41) is 14.5. The molecule has 0 bridgehead atoms. The summed E-state index contributed by atoms with van der Waals surface area (Å²) < 4.78 is 5.58. The van der Waals surface area contributed by atoms with Crippen molar-refractivity contribution in [3.8, 4) is 5.75 Å². The standard InChI is InChI=1S/C17H16N2O4/c20-10-11-4-3-5-12(8-11)18-16(21)9-15-17(22)19-13-6-1-2-7-14(13)23-15/h1-8,15,20H,9-10H2,(H,18,21)(H,19,22)/t15-/m1/s1. The molecule has 0 radical (unpaired) electrons. The molecule has 1 aliphatic heterocycles. The maximum Gasteiger partial charge on any atom is 0.266 e. The molecule has 0 aliphatic carbocycles. The Hall–Kier alpha value is -2.86. The summed E-state index contributed by atoms with van der Waals surface area (Å²) in [6.45, 7) is -0.103. The third-order valence-electron chi connectivity index (χ3n) is 3.47. The van der Waals surface area contributed by atoms with Crippen molar-refractivity contribution in [2.24, 2.45) is 0 Å². The van der Waals surface area contributed by atoms with Gasteiger partial charge in [-0.2, -0.15) is 0 Å². The van der Waals surface area contributed by atoms with Gasteiger partial charge in [0.1, 0.15) is 5.75 Å². The fourth-order valence-corrected chi connectivity index (χ4v) is 2.35. The number of ether oxygens (including phenoxy) is 1. The minimum absolute atomic E-state index is 0.0937. The second-order valence-corrected chi connectivity index (χ2v) is 5.20. The van der Waals surface area contributed by atoms with Gasteiger partial charge in [0.15, 0.2) is 6.10 Å². The van der Waals surface area contributed by atoms with E-state index in [0.29, 0.717) is 22.7 Å². The van der Waals surface area contributed by atoms with E-state index in [9.17, 15) is 9.59 Å². The second-order valence-electron chi connectivity index (χ2n) is 5.20. The number of aliphatic hydroxyl groups excluding tert-OH is 1. The average molecular weight is 312 g/mol. The van der Waals surface area contributed by atoms with Gasteiger partial charge in [-0.05, 0) is 29.8 Å². The Morgan fingerprint density at radius 3 is 2.87 bits per heavy atom. The highest BCUT2D eigenvalue weighted by atomic mass is 16.5. The van der Waals surface area contributed by atoms with Crippen LogP contribution in [0, 0.1) is 0 Å². The number of carbonyl (C=O) groups excluding carboxylic acids is 2. The lowest BCUT2D eigenvalue weighted by Gasteiger charge is -2.25. The van der Waals surface area contributed by atoms with Gasteiger partial charge in [0.2, 0.25) is 5.91 Å². The lowest BCUT2D eigenvalue weighted by molar-refractivity contribution is -0.128. The number of aliphatic hydroxyl groups is 1. The van der Waals surface area contributed by atoms with E-state index >= 15 is 0 Å². The molecule has 0 fully saturated rings. The molecule has 0 aromatic heterocycles. The number of nitrogens with one attached hydrogen (secondary N) is 2. The van der Waals surface area contributed by atoms with E-state index < -0.39 is 6.10 Å². The molecule has 3 N–H and O–H groups in total. The topological polar surface area (TPSA) is 87.7 Å². The molecule has 0 saturated carbocycles. The van der Waals surface area contributed by atoms with E-state index in [1.807, 2.05) is 0 Å². The zero-order valence-corrected chi connectivity index (χ0v) is 12.3. The molecule has 0 saturated heterocycles. The predicted octanol–water partition coefficient (Wildman–Crippen LogP) is 1.91. The molecule has 1 aliphatic rings. The zero-order chi connectivity index (χ0) is 16.2. The fraction of sp³-hybridized carbons (Fsp3) is 0.176. The van der Waals surface area contributed by atoms with Gasteiger partial charge in [0.05, 0.1) is 18.7 Å². The Morgan fingerprint density at radius 1 is 1.22 bits per heavy atom. The van der Waals surface area contributed by atoms with E-state index in [4.69, 9.17) is 9.84 Å². The van der Waals surface area contributed by atoms with Gasteiger partial charge >= 0.3 is 0 Å². The Kier molecular flexibility index (Phi) is 4.25. The molecule has 6 heteroatoms. The molecular weight excluding hydrogens is 296 g/mol. The predicted molar refractivity (Wildman–Crippen MR) is 85.1 cm³/mol. The van der Waals surface area contributed by atoms with Crippen molar-refractivity contribution >= 4 is 23.2 Å². The highest BCUT2D eigenvalue weighted by Gasteiger charge is 2.29. The molecule has 2 aromatic rings. The molecule has 1 heterocycles. The number of anilines is 2. The maximum atomic E-state index is 12.1. The largest absolute Gasteiger partial charge is 0.478 e. The van der Waals surface area contributed by atoms with Crippen LogP contribution in [0.1, 0.15) is 12.0 Å². The number of benzene rings is 2. The molecule has 0 unspecified atom stereocenters. The molecule has 23 heavy (non-hydrogen) atoms. The van der Waals surface area contributed by atoms with Crippen molar-refractivity contribution in [2.75, 3.05) is 10.6 Å². The van der Waals surface area contributed by atoms with Crippen molar-refractivity contribution in [3.63, 3.8) is 0 Å². The van der Waals surface area contributed by atoms with Crippen LogP contribution in [-0.4, -0.2) is 23.0 Å². The highest BCUT2D eigenvalue weighted by Crippen LogP contribution is 2.29. The Balaban J connectivity index is 1.65. The third-order valence-corrected chi connectivity index (χ3v) is 3.47. The van der Waals surface area contributed by atoms with Crippen molar-refractivity contribution in [2.45, 2.75) is 19.1 Å². The SMILES string of the molecule is O=C(C[C@H]1Oc2ccccc2NC1=O)Nc1cccc(CO)c1. The van der Waals surface area contributed by atoms with Crippen LogP contribution in [0.25, 0.3) is 0 Å². The maximum absolute atomic E-state index is 12.1. The van der Waals surface area contributed by atoms with Crippen LogP contribution in [0.3, 0.4) is 0 Å². The van der Waals surface area contributed by atoms with Crippen molar-refractivity contribution < 1.29 is 19.4 Å². The minimum Gasteiger partial charge on any atom is -0.478 e. The Bertz CT molecular complexity index is 745. The summed E-state index contributed by atoms with van der Waals surface area (Å²) in [5.74, 6) is -0.130. The first kappa shape index (κ1) is 15.1. The number of hydrogen-bond donors (Lipinski definition) is 3. The van der Waals surface area contributed by atoms with E-state index in [-0.39, 0.29) is 24.8 Å². The average Bonchev–Trinajstić information content (AvgIpc) is 2.55. The Labute approximate surface area is 133 Å². The van der Waals surface area contributed by atoms with E-state index in [0.717, 1.165) is 0 Å². The monoisotopic (exact) mass is 312 g/mol. The van der Waals surface area contributed by atoms with Gasteiger partial charge < -0.3 is 20.5 Å². The van der Waals surface area contributed by atoms with Crippen molar-refractivity contribution in [1.29, 1.82) is 0 Å². The molecule has 2 amide bonds. The number of carbonyl (C=O) groups is 2. The Morgan fingerprint density at radius 2 is 2.04 bits per heavy atom. The van der Waals surface area contributed by atoms with Gasteiger partial charge in [-0.1, -0.05) is 24.3 Å². The summed E-state index contributed by atoms with van der Waals surface area (Å²) >= 11 is 0. The lowest BCUT2D eigenvalue weighted by atomic mass is 10.1. The molecule has 1 atom stereocenters. The molecule has 2 aromatic carbocycles. The normalized spacial score (nSPS) is 16.0. The van der Waals surface area contributed by atoms with Crippen LogP contribution in [0.15, 0.2) is 48.5 Å².